The van der Waals surface area contributed by atoms with Gasteiger partial charge in [0.15, 0.2) is 17.6 Å². The van der Waals surface area contributed by atoms with Gasteiger partial charge < -0.3 is 19.5 Å². The third-order valence-electron chi connectivity index (χ3n) is 3.63. The van der Waals surface area contributed by atoms with Crippen molar-refractivity contribution < 1.29 is 23.8 Å². The molecule has 2 heterocycles. The highest BCUT2D eigenvalue weighted by atomic mass is 32.2. The third kappa shape index (κ3) is 5.15. The van der Waals surface area contributed by atoms with E-state index in [1.165, 1.54) is 16.6 Å². The molecule has 0 fully saturated rings. The molecule has 0 saturated heterocycles. The summed E-state index contributed by atoms with van der Waals surface area (Å²) in [6, 6.07) is 9.48. The molecule has 1 N–H and O–H groups in total. The summed E-state index contributed by atoms with van der Waals surface area (Å²) < 4.78 is 15.7. The Kier molecular flexibility index (Phi) is 6.40. The minimum Gasteiger partial charge on any atom is -0.454 e. The molecule has 1 atom stereocenters. The number of amides is 1. The zero-order valence-corrected chi connectivity index (χ0v) is 15.9. The van der Waals surface area contributed by atoms with E-state index in [0.717, 1.165) is 11.3 Å². The quantitative estimate of drug-likeness (QED) is 0.695. The Morgan fingerprint density at radius 3 is 2.96 bits per heavy atom. The Labute approximate surface area is 159 Å². The first kappa shape index (κ1) is 18.6. The first-order chi connectivity index (χ1) is 12.6. The molecule has 8 heteroatoms. The fourth-order valence-electron chi connectivity index (χ4n) is 2.30. The Balaban J connectivity index is 1.37. The van der Waals surface area contributed by atoms with Crippen LogP contribution >= 0.6 is 23.1 Å². The molecule has 1 aromatic carbocycles. The molecular weight excluding hydrogens is 374 g/mol. The summed E-state index contributed by atoms with van der Waals surface area (Å²) >= 11 is 3.12. The van der Waals surface area contributed by atoms with Gasteiger partial charge in [0.25, 0.3) is 5.91 Å². The number of fused-ring (bicyclic) bond motifs is 1. The fourth-order valence-corrected chi connectivity index (χ4v) is 3.94. The largest absolute Gasteiger partial charge is 0.454 e. The van der Waals surface area contributed by atoms with E-state index in [1.54, 1.807) is 24.3 Å². The second-order valence-electron chi connectivity index (χ2n) is 5.61. The van der Waals surface area contributed by atoms with Crippen molar-refractivity contribution in [1.29, 1.82) is 0 Å². The monoisotopic (exact) mass is 393 g/mol. The second kappa shape index (κ2) is 8.95. The van der Waals surface area contributed by atoms with Crippen molar-refractivity contribution in [2.45, 2.75) is 25.3 Å². The van der Waals surface area contributed by atoms with Crippen molar-refractivity contribution >= 4 is 35.0 Å². The number of hydrogen-bond donors (Lipinski definition) is 1. The van der Waals surface area contributed by atoms with Crippen molar-refractivity contribution in [3.05, 3.63) is 46.2 Å². The van der Waals surface area contributed by atoms with Gasteiger partial charge in [0.1, 0.15) is 0 Å². The number of thiophene rings is 1. The Bertz CT molecular complexity index is 763. The zero-order valence-electron chi connectivity index (χ0n) is 14.2. The zero-order chi connectivity index (χ0) is 18.4. The summed E-state index contributed by atoms with van der Waals surface area (Å²) in [5, 5.41) is 4.76. The number of ether oxygens (including phenoxy) is 3. The standard InChI is InChI=1S/C18H19NO5S2/c1-12(24-17(20)10-25-9-14-3-2-6-26-14)18(21)19-8-13-4-5-15-16(7-13)23-11-22-15/h2-7,12H,8-11H2,1H3,(H,19,21)/t12-/m0/s1. The molecule has 0 unspecified atom stereocenters. The van der Waals surface area contributed by atoms with Gasteiger partial charge in [-0.05, 0) is 36.1 Å². The smallest absolute Gasteiger partial charge is 0.316 e. The molecule has 3 rings (SSSR count). The van der Waals surface area contributed by atoms with Crippen molar-refractivity contribution in [2.75, 3.05) is 12.5 Å². The summed E-state index contributed by atoms with van der Waals surface area (Å²) in [5.41, 5.74) is 0.882. The maximum absolute atomic E-state index is 12.1. The minimum absolute atomic E-state index is 0.211. The lowest BCUT2D eigenvalue weighted by atomic mass is 10.2. The molecular formula is C18H19NO5S2. The summed E-state index contributed by atoms with van der Waals surface area (Å²) in [4.78, 5) is 25.1. The van der Waals surface area contributed by atoms with E-state index in [0.29, 0.717) is 18.0 Å². The molecule has 1 aromatic heterocycles. The van der Waals surface area contributed by atoms with Crippen molar-refractivity contribution in [3.63, 3.8) is 0 Å². The highest BCUT2D eigenvalue weighted by Gasteiger charge is 2.18. The molecule has 1 aliphatic rings. The van der Waals surface area contributed by atoms with E-state index in [1.807, 2.05) is 29.6 Å². The lowest BCUT2D eigenvalue weighted by molar-refractivity contribution is -0.152. The fraction of sp³-hybridized carbons (Fsp3) is 0.333. The van der Waals surface area contributed by atoms with Crippen LogP contribution < -0.4 is 14.8 Å². The molecule has 0 spiro atoms. The Morgan fingerprint density at radius 2 is 2.15 bits per heavy atom. The van der Waals surface area contributed by atoms with Crippen molar-refractivity contribution in [2.24, 2.45) is 0 Å². The van der Waals surface area contributed by atoms with Gasteiger partial charge in [-0.25, -0.2) is 0 Å². The number of carbonyl (C=O) groups is 2. The molecule has 0 bridgehead atoms. The number of thioether (sulfide) groups is 1. The van der Waals surface area contributed by atoms with Crippen molar-refractivity contribution in [1.82, 2.24) is 5.32 Å². The maximum Gasteiger partial charge on any atom is 0.316 e. The molecule has 138 valence electrons. The SMILES string of the molecule is C[C@H](OC(=O)CSCc1cccs1)C(=O)NCc1ccc2c(c1)OCO2. The first-order valence-electron chi connectivity index (χ1n) is 8.07. The number of hydrogen-bond acceptors (Lipinski definition) is 7. The summed E-state index contributed by atoms with van der Waals surface area (Å²) in [5.74, 6) is 1.62. The van der Waals surface area contributed by atoms with Crippen LogP contribution in [0.2, 0.25) is 0 Å². The number of rotatable bonds is 8. The average Bonchev–Trinajstić information content (AvgIpc) is 3.30. The van der Waals surface area contributed by atoms with Gasteiger partial charge in [0, 0.05) is 17.2 Å². The van der Waals surface area contributed by atoms with Crippen LogP contribution in [0.25, 0.3) is 0 Å². The highest BCUT2D eigenvalue weighted by molar-refractivity contribution is 7.99. The topological polar surface area (TPSA) is 73.9 Å². The van der Waals surface area contributed by atoms with Gasteiger partial charge in [-0.15, -0.1) is 23.1 Å². The molecule has 1 amide bonds. The van der Waals surface area contributed by atoms with Crippen LogP contribution in [0.15, 0.2) is 35.7 Å². The lowest BCUT2D eigenvalue weighted by Crippen LogP contribution is -2.35. The van der Waals surface area contributed by atoms with E-state index in [4.69, 9.17) is 14.2 Å². The van der Waals surface area contributed by atoms with E-state index in [-0.39, 0.29) is 18.5 Å². The molecule has 6 nitrogen and oxygen atoms in total. The lowest BCUT2D eigenvalue weighted by Gasteiger charge is -2.13. The second-order valence-corrected chi connectivity index (χ2v) is 7.63. The molecule has 0 saturated carbocycles. The van der Waals surface area contributed by atoms with Crippen LogP contribution in [0.3, 0.4) is 0 Å². The number of carbonyl (C=O) groups excluding carboxylic acids is 2. The van der Waals surface area contributed by atoms with Crippen LogP contribution in [-0.4, -0.2) is 30.5 Å². The number of benzene rings is 1. The molecule has 0 aliphatic carbocycles. The van der Waals surface area contributed by atoms with Crippen LogP contribution in [0.1, 0.15) is 17.4 Å². The van der Waals surface area contributed by atoms with E-state index in [9.17, 15) is 9.59 Å². The first-order valence-corrected chi connectivity index (χ1v) is 10.1. The van der Waals surface area contributed by atoms with Gasteiger partial charge in [-0.3, -0.25) is 9.59 Å². The van der Waals surface area contributed by atoms with E-state index >= 15 is 0 Å². The molecule has 2 aromatic rings. The third-order valence-corrected chi connectivity index (χ3v) is 5.64. The predicted octanol–water partition coefficient (Wildman–Crippen LogP) is 2.96. The summed E-state index contributed by atoms with van der Waals surface area (Å²) in [7, 11) is 0. The number of esters is 1. The number of nitrogens with one attached hydrogen (secondary N) is 1. The van der Waals surface area contributed by atoms with E-state index < -0.39 is 12.1 Å². The van der Waals surface area contributed by atoms with Crippen LogP contribution in [0.5, 0.6) is 11.5 Å². The normalized spacial score (nSPS) is 13.3. The summed E-state index contributed by atoms with van der Waals surface area (Å²) in [6.45, 7) is 2.10. The predicted molar refractivity (Wildman–Crippen MR) is 100 cm³/mol. The van der Waals surface area contributed by atoms with Crippen LogP contribution in [0, 0.1) is 0 Å². The van der Waals surface area contributed by atoms with Gasteiger partial charge in [-0.2, -0.15) is 0 Å². The maximum atomic E-state index is 12.1. The average molecular weight is 393 g/mol. The molecule has 0 radical (unpaired) electrons. The summed E-state index contributed by atoms with van der Waals surface area (Å²) in [6.07, 6.45) is -0.834. The minimum atomic E-state index is -0.834. The Hall–Kier alpha value is -2.19. The van der Waals surface area contributed by atoms with E-state index in [2.05, 4.69) is 5.32 Å². The van der Waals surface area contributed by atoms with Gasteiger partial charge >= 0.3 is 5.97 Å². The van der Waals surface area contributed by atoms with Crippen LogP contribution in [0.4, 0.5) is 0 Å². The Morgan fingerprint density at radius 1 is 1.31 bits per heavy atom. The highest BCUT2D eigenvalue weighted by Crippen LogP contribution is 2.32. The molecule has 26 heavy (non-hydrogen) atoms. The van der Waals surface area contributed by atoms with Crippen LogP contribution in [-0.2, 0) is 26.6 Å². The van der Waals surface area contributed by atoms with Gasteiger partial charge in [0.2, 0.25) is 6.79 Å². The van der Waals surface area contributed by atoms with Gasteiger partial charge in [-0.1, -0.05) is 12.1 Å². The van der Waals surface area contributed by atoms with Gasteiger partial charge in [0.05, 0.1) is 5.75 Å². The van der Waals surface area contributed by atoms with Crippen molar-refractivity contribution in [3.8, 4) is 11.5 Å². The molecule has 1 aliphatic heterocycles.